The fourth-order valence-electron chi connectivity index (χ4n) is 6.03. The number of hydrogen-bond acceptors (Lipinski definition) is 4. The molecule has 6 nitrogen and oxygen atoms in total. The minimum atomic E-state index is -0.490. The van der Waals surface area contributed by atoms with Crippen LogP contribution >= 0.6 is 0 Å². The predicted molar refractivity (Wildman–Crippen MR) is 105 cm³/mol. The third kappa shape index (κ3) is 3.64. The second kappa shape index (κ2) is 8.42. The molecule has 0 aromatic carbocycles. The highest BCUT2D eigenvalue weighted by molar-refractivity contribution is 5.76. The quantitative estimate of drug-likeness (QED) is 0.311. The Balaban J connectivity index is 1.33. The van der Waals surface area contributed by atoms with Gasteiger partial charge in [-0.2, -0.15) is 0 Å². The first kappa shape index (κ1) is 20.3. The Kier molecular flexibility index (Phi) is 6.12. The summed E-state index contributed by atoms with van der Waals surface area (Å²) in [6, 6.07) is 0. The number of nitrogens with one attached hydrogen (secondary N) is 1. The molecule has 4 N–H and O–H groups in total. The molecular formula is C22H38N2O4+2. The molecule has 2 heterocycles. The number of rotatable bonds is 6. The second-order valence-electron chi connectivity index (χ2n) is 9.58. The summed E-state index contributed by atoms with van der Waals surface area (Å²) >= 11 is 0. The number of fused-ring (bicyclic) bond motifs is 2. The van der Waals surface area contributed by atoms with Crippen LogP contribution in [0.3, 0.4) is 0 Å². The molecule has 6 atom stereocenters. The van der Waals surface area contributed by atoms with Crippen LogP contribution in [0, 0.1) is 23.2 Å². The van der Waals surface area contributed by atoms with Crippen molar-refractivity contribution in [2.45, 2.75) is 51.7 Å². The van der Waals surface area contributed by atoms with Crippen LogP contribution in [-0.4, -0.2) is 69.2 Å². The highest BCUT2D eigenvalue weighted by Crippen LogP contribution is 2.55. The van der Waals surface area contributed by atoms with Crippen molar-refractivity contribution in [2.75, 3.05) is 45.9 Å². The standard InChI is InChI=1S/C22H36N2O4/c1-15-5-3-6-16-13-18-19(20(25)22(15,16)2)17(21(26)28-18)14-23-7-4-8-24-9-11-27-12-10-24/h6,15,17-20,23,25H,3-5,7-14H2,1-2H3/p+2/t15-,17-,18+,19+,20-,22+/m0/s1. The fraction of sp³-hybridized carbons (Fsp3) is 0.864. The molecule has 0 radical (unpaired) electrons. The van der Waals surface area contributed by atoms with Gasteiger partial charge in [0.1, 0.15) is 25.1 Å². The molecule has 4 aliphatic rings. The summed E-state index contributed by atoms with van der Waals surface area (Å²) in [5.74, 6) is 0.111. The number of nitrogens with two attached hydrogens (primary N) is 1. The SMILES string of the molecule is C[C@H]1CCC=C2C[C@H]3OC(=O)[C@@H](C[NH2+]CCC[NH+]4CCOCC4)[C@H]3[C@H](O)[C@@]21C. The van der Waals surface area contributed by atoms with Gasteiger partial charge < -0.3 is 24.8 Å². The molecular weight excluding hydrogens is 356 g/mol. The zero-order chi connectivity index (χ0) is 19.7. The van der Waals surface area contributed by atoms with Gasteiger partial charge in [-0.3, -0.25) is 4.79 Å². The average Bonchev–Trinajstić information content (AvgIpc) is 3.00. The lowest BCUT2D eigenvalue weighted by atomic mass is 9.55. The van der Waals surface area contributed by atoms with E-state index in [2.05, 4.69) is 25.2 Å². The van der Waals surface area contributed by atoms with E-state index < -0.39 is 6.10 Å². The third-order valence-corrected chi connectivity index (χ3v) is 8.13. The molecule has 158 valence electrons. The first-order valence-electron chi connectivity index (χ1n) is 11.3. The van der Waals surface area contributed by atoms with E-state index in [0.717, 1.165) is 65.1 Å². The molecule has 0 aromatic rings. The summed E-state index contributed by atoms with van der Waals surface area (Å²) in [6.07, 6.45) is 5.82. The van der Waals surface area contributed by atoms with Crippen molar-refractivity contribution in [3.05, 3.63) is 11.6 Å². The molecule has 2 aliphatic carbocycles. The summed E-state index contributed by atoms with van der Waals surface area (Å²) < 4.78 is 11.2. The van der Waals surface area contributed by atoms with Crippen LogP contribution in [0.15, 0.2) is 11.6 Å². The van der Waals surface area contributed by atoms with Crippen molar-refractivity contribution in [3.63, 3.8) is 0 Å². The number of carbonyl (C=O) groups is 1. The van der Waals surface area contributed by atoms with Gasteiger partial charge >= 0.3 is 5.97 Å². The summed E-state index contributed by atoms with van der Waals surface area (Å²) in [4.78, 5) is 14.2. The van der Waals surface area contributed by atoms with Crippen molar-refractivity contribution in [1.82, 2.24) is 0 Å². The Morgan fingerprint density at radius 1 is 1.36 bits per heavy atom. The molecule has 0 unspecified atom stereocenters. The summed E-state index contributed by atoms with van der Waals surface area (Å²) in [5, 5.41) is 13.6. The number of aliphatic hydroxyl groups is 1. The minimum Gasteiger partial charge on any atom is -0.461 e. The number of carbonyl (C=O) groups excluding carboxylic acids is 1. The Hall–Kier alpha value is -0.950. The number of esters is 1. The number of morpholine rings is 1. The Morgan fingerprint density at radius 3 is 2.93 bits per heavy atom. The van der Waals surface area contributed by atoms with Crippen LogP contribution in [0.1, 0.15) is 39.5 Å². The molecule has 4 rings (SSSR count). The third-order valence-electron chi connectivity index (χ3n) is 8.13. The maximum absolute atomic E-state index is 12.6. The lowest BCUT2D eigenvalue weighted by Crippen LogP contribution is -3.14. The summed E-state index contributed by atoms with van der Waals surface area (Å²) in [5.41, 5.74) is 1.11. The zero-order valence-corrected chi connectivity index (χ0v) is 17.5. The van der Waals surface area contributed by atoms with Crippen LogP contribution in [0.2, 0.25) is 0 Å². The smallest absolute Gasteiger partial charge is 0.315 e. The summed E-state index contributed by atoms with van der Waals surface area (Å²) in [6.45, 7) is 11.4. The topological polar surface area (TPSA) is 76.8 Å². The van der Waals surface area contributed by atoms with Gasteiger partial charge in [0.15, 0.2) is 0 Å². The predicted octanol–water partition coefficient (Wildman–Crippen LogP) is -0.860. The highest BCUT2D eigenvalue weighted by Gasteiger charge is 2.60. The molecule has 6 heteroatoms. The number of quaternary nitrogens is 2. The van der Waals surface area contributed by atoms with Crippen LogP contribution in [0.4, 0.5) is 0 Å². The van der Waals surface area contributed by atoms with Gasteiger partial charge in [-0.1, -0.05) is 25.5 Å². The Bertz CT molecular complexity index is 603. The van der Waals surface area contributed by atoms with E-state index in [1.807, 2.05) is 0 Å². The van der Waals surface area contributed by atoms with Gasteiger partial charge in [-0.25, -0.2) is 0 Å². The van der Waals surface area contributed by atoms with Gasteiger partial charge in [0.25, 0.3) is 0 Å². The first-order chi connectivity index (χ1) is 13.5. The lowest BCUT2D eigenvalue weighted by Gasteiger charge is -2.51. The van der Waals surface area contributed by atoms with Crippen molar-refractivity contribution in [2.24, 2.45) is 23.2 Å². The van der Waals surface area contributed by atoms with Gasteiger partial charge in [-0.05, 0) is 18.8 Å². The molecule has 2 saturated heterocycles. The van der Waals surface area contributed by atoms with Gasteiger partial charge in [0, 0.05) is 24.2 Å². The summed E-state index contributed by atoms with van der Waals surface area (Å²) in [7, 11) is 0. The molecule has 0 spiro atoms. The molecule has 0 amide bonds. The van der Waals surface area contributed by atoms with Crippen molar-refractivity contribution >= 4 is 5.97 Å². The van der Waals surface area contributed by atoms with Crippen LogP contribution in [-0.2, 0) is 14.3 Å². The van der Waals surface area contributed by atoms with E-state index in [-0.39, 0.29) is 29.3 Å². The molecule has 0 bridgehead atoms. The lowest BCUT2D eigenvalue weighted by molar-refractivity contribution is -0.909. The number of hydrogen-bond donors (Lipinski definition) is 3. The number of allylic oxidation sites excluding steroid dienone is 1. The zero-order valence-electron chi connectivity index (χ0n) is 17.5. The monoisotopic (exact) mass is 394 g/mol. The number of ether oxygens (including phenoxy) is 2. The van der Waals surface area contributed by atoms with E-state index in [0.29, 0.717) is 5.92 Å². The maximum Gasteiger partial charge on any atom is 0.315 e. The van der Waals surface area contributed by atoms with Crippen molar-refractivity contribution < 1.29 is 29.6 Å². The molecule has 28 heavy (non-hydrogen) atoms. The van der Waals surface area contributed by atoms with Gasteiger partial charge in [0.05, 0.1) is 39.0 Å². The van der Waals surface area contributed by atoms with E-state index in [4.69, 9.17) is 9.47 Å². The fourth-order valence-corrected chi connectivity index (χ4v) is 6.03. The van der Waals surface area contributed by atoms with Crippen LogP contribution in [0.5, 0.6) is 0 Å². The molecule has 1 saturated carbocycles. The second-order valence-corrected chi connectivity index (χ2v) is 9.58. The van der Waals surface area contributed by atoms with Crippen LogP contribution < -0.4 is 10.2 Å². The van der Waals surface area contributed by atoms with E-state index in [1.165, 1.54) is 12.1 Å². The Labute approximate surface area is 168 Å². The van der Waals surface area contributed by atoms with E-state index in [1.54, 1.807) is 4.90 Å². The largest absolute Gasteiger partial charge is 0.461 e. The minimum absolute atomic E-state index is 0.0590. The average molecular weight is 395 g/mol. The van der Waals surface area contributed by atoms with Crippen LogP contribution in [0.25, 0.3) is 0 Å². The Morgan fingerprint density at radius 2 is 2.14 bits per heavy atom. The van der Waals surface area contributed by atoms with Crippen molar-refractivity contribution in [3.8, 4) is 0 Å². The molecule has 3 fully saturated rings. The van der Waals surface area contributed by atoms with E-state index in [9.17, 15) is 9.90 Å². The molecule has 0 aromatic heterocycles. The van der Waals surface area contributed by atoms with E-state index >= 15 is 0 Å². The first-order valence-corrected chi connectivity index (χ1v) is 11.3. The maximum atomic E-state index is 12.6. The number of aliphatic hydroxyl groups excluding tert-OH is 1. The van der Waals surface area contributed by atoms with Gasteiger partial charge in [-0.15, -0.1) is 0 Å². The normalized spacial score (nSPS) is 41.2. The van der Waals surface area contributed by atoms with Crippen molar-refractivity contribution in [1.29, 1.82) is 0 Å². The highest BCUT2D eigenvalue weighted by atomic mass is 16.6. The molecule has 2 aliphatic heterocycles. The van der Waals surface area contributed by atoms with Gasteiger partial charge in [0.2, 0.25) is 0 Å².